The fourth-order valence-corrected chi connectivity index (χ4v) is 2.43. The Morgan fingerprint density at radius 3 is 2.71 bits per heavy atom. The molecule has 4 heteroatoms. The summed E-state index contributed by atoms with van der Waals surface area (Å²) in [5.74, 6) is 0.444. The van der Waals surface area contributed by atoms with Crippen molar-refractivity contribution in [1.29, 1.82) is 0 Å². The molecule has 1 fully saturated rings. The van der Waals surface area contributed by atoms with Crippen molar-refractivity contribution in [3.8, 4) is 0 Å². The molecule has 1 aromatic rings. The Bertz CT molecular complexity index is 391. The van der Waals surface area contributed by atoms with Gasteiger partial charge in [-0.25, -0.2) is 0 Å². The molecule has 17 heavy (non-hydrogen) atoms. The van der Waals surface area contributed by atoms with Gasteiger partial charge < -0.3 is 9.84 Å². The highest BCUT2D eigenvalue weighted by Gasteiger charge is 2.37. The summed E-state index contributed by atoms with van der Waals surface area (Å²) < 4.78 is 5.63. The Morgan fingerprint density at radius 2 is 2.12 bits per heavy atom. The first-order valence-corrected chi connectivity index (χ1v) is 6.63. The summed E-state index contributed by atoms with van der Waals surface area (Å²) in [5.41, 5.74) is 0.657. The molecule has 2 rings (SSSR count). The summed E-state index contributed by atoms with van der Waals surface area (Å²) in [6, 6.07) is 5.13. The van der Waals surface area contributed by atoms with Crippen LogP contribution in [0.2, 0.25) is 10.0 Å². The van der Waals surface area contributed by atoms with Gasteiger partial charge in [-0.05, 0) is 43.9 Å². The second kappa shape index (κ2) is 5.57. The number of ether oxygens (including phenoxy) is 1. The third kappa shape index (κ3) is 3.14. The van der Waals surface area contributed by atoms with Crippen LogP contribution in [0.15, 0.2) is 18.2 Å². The highest BCUT2D eigenvalue weighted by molar-refractivity contribution is 6.33. The topological polar surface area (TPSA) is 29.5 Å². The summed E-state index contributed by atoms with van der Waals surface area (Å²) >= 11 is 12.0. The van der Waals surface area contributed by atoms with E-state index in [4.69, 9.17) is 27.9 Å². The van der Waals surface area contributed by atoms with E-state index in [9.17, 15) is 5.11 Å². The molecule has 0 radical (unpaired) electrons. The average Bonchev–Trinajstić information content (AvgIpc) is 3.12. The minimum Gasteiger partial charge on any atom is -0.386 e. The summed E-state index contributed by atoms with van der Waals surface area (Å²) in [6.45, 7) is 2.53. The van der Waals surface area contributed by atoms with Crippen LogP contribution in [0.4, 0.5) is 0 Å². The van der Waals surface area contributed by atoms with E-state index in [1.165, 1.54) is 0 Å². The zero-order valence-corrected chi connectivity index (χ0v) is 11.2. The van der Waals surface area contributed by atoms with Crippen LogP contribution in [0.3, 0.4) is 0 Å². The largest absolute Gasteiger partial charge is 0.386 e. The zero-order valence-electron chi connectivity index (χ0n) is 9.70. The molecule has 2 atom stereocenters. The predicted octanol–water partition coefficient (Wildman–Crippen LogP) is 3.84. The van der Waals surface area contributed by atoms with Gasteiger partial charge in [0.15, 0.2) is 0 Å². The van der Waals surface area contributed by atoms with Crippen molar-refractivity contribution in [1.82, 2.24) is 0 Å². The van der Waals surface area contributed by atoms with Gasteiger partial charge in [0.1, 0.15) is 6.10 Å². The van der Waals surface area contributed by atoms with E-state index in [0.29, 0.717) is 28.1 Å². The molecule has 0 aliphatic heterocycles. The first-order valence-electron chi connectivity index (χ1n) is 5.88. The summed E-state index contributed by atoms with van der Waals surface area (Å²) in [6.07, 6.45) is 1.35. The molecule has 0 spiro atoms. The van der Waals surface area contributed by atoms with Crippen LogP contribution in [0.1, 0.15) is 31.4 Å². The molecule has 0 bridgehead atoms. The Morgan fingerprint density at radius 1 is 1.41 bits per heavy atom. The second-order valence-electron chi connectivity index (χ2n) is 4.37. The van der Waals surface area contributed by atoms with Crippen molar-refractivity contribution >= 4 is 23.2 Å². The number of hydrogen-bond acceptors (Lipinski definition) is 2. The smallest absolute Gasteiger partial charge is 0.107 e. The van der Waals surface area contributed by atoms with Gasteiger partial charge in [-0.15, -0.1) is 0 Å². The number of rotatable bonds is 5. The van der Waals surface area contributed by atoms with Crippen molar-refractivity contribution in [2.45, 2.75) is 32.0 Å². The van der Waals surface area contributed by atoms with Crippen LogP contribution >= 0.6 is 23.2 Å². The number of aliphatic hydroxyl groups is 1. The molecule has 1 saturated carbocycles. The SMILES string of the molecule is CCOC(C1CC1)C(O)c1cc(Cl)ccc1Cl. The van der Waals surface area contributed by atoms with Crippen molar-refractivity contribution in [2.75, 3.05) is 6.61 Å². The molecule has 0 amide bonds. The second-order valence-corrected chi connectivity index (χ2v) is 5.21. The fourth-order valence-electron chi connectivity index (χ4n) is 2.02. The molecule has 1 N–H and O–H groups in total. The molecule has 2 unspecified atom stereocenters. The van der Waals surface area contributed by atoms with Gasteiger partial charge in [0.25, 0.3) is 0 Å². The van der Waals surface area contributed by atoms with Crippen molar-refractivity contribution in [3.05, 3.63) is 33.8 Å². The molecular formula is C13H16Cl2O2. The van der Waals surface area contributed by atoms with E-state index in [2.05, 4.69) is 0 Å². The Balaban J connectivity index is 2.21. The Labute approximate surface area is 111 Å². The van der Waals surface area contributed by atoms with Gasteiger partial charge in [-0.2, -0.15) is 0 Å². The molecular weight excluding hydrogens is 259 g/mol. The quantitative estimate of drug-likeness (QED) is 0.884. The Hall–Kier alpha value is -0.280. The van der Waals surface area contributed by atoms with Gasteiger partial charge in [0.05, 0.1) is 6.10 Å². The van der Waals surface area contributed by atoms with Gasteiger partial charge in [-0.3, -0.25) is 0 Å². The van der Waals surface area contributed by atoms with E-state index in [1.807, 2.05) is 6.92 Å². The van der Waals surface area contributed by atoms with E-state index in [1.54, 1.807) is 18.2 Å². The van der Waals surface area contributed by atoms with Crippen LogP contribution in [-0.4, -0.2) is 17.8 Å². The fraction of sp³-hybridized carbons (Fsp3) is 0.538. The lowest BCUT2D eigenvalue weighted by Gasteiger charge is -2.23. The predicted molar refractivity (Wildman–Crippen MR) is 69.6 cm³/mol. The van der Waals surface area contributed by atoms with E-state index in [0.717, 1.165) is 12.8 Å². The maximum absolute atomic E-state index is 10.4. The first-order chi connectivity index (χ1) is 8.13. The molecule has 0 heterocycles. The van der Waals surface area contributed by atoms with Crippen LogP contribution in [0.5, 0.6) is 0 Å². The molecule has 0 saturated heterocycles. The highest BCUT2D eigenvalue weighted by Crippen LogP contribution is 2.41. The first kappa shape index (κ1) is 13.2. The number of hydrogen-bond donors (Lipinski definition) is 1. The standard InChI is InChI=1S/C13H16Cl2O2/c1-2-17-13(8-3-4-8)12(16)10-7-9(14)5-6-11(10)15/h5-8,12-13,16H,2-4H2,1H3. The van der Waals surface area contributed by atoms with E-state index < -0.39 is 6.10 Å². The molecule has 1 aromatic carbocycles. The van der Waals surface area contributed by atoms with Crippen molar-refractivity contribution < 1.29 is 9.84 Å². The molecule has 2 nitrogen and oxygen atoms in total. The van der Waals surface area contributed by atoms with Crippen LogP contribution < -0.4 is 0 Å². The average molecular weight is 275 g/mol. The summed E-state index contributed by atoms with van der Waals surface area (Å²) in [7, 11) is 0. The third-order valence-electron chi connectivity index (χ3n) is 3.03. The number of benzene rings is 1. The van der Waals surface area contributed by atoms with Crippen LogP contribution in [-0.2, 0) is 4.74 Å². The molecule has 1 aliphatic rings. The van der Waals surface area contributed by atoms with Crippen LogP contribution in [0, 0.1) is 5.92 Å². The van der Waals surface area contributed by atoms with Gasteiger partial charge in [0, 0.05) is 22.2 Å². The van der Waals surface area contributed by atoms with Crippen molar-refractivity contribution in [2.24, 2.45) is 5.92 Å². The van der Waals surface area contributed by atoms with E-state index in [-0.39, 0.29) is 6.10 Å². The summed E-state index contributed by atoms with van der Waals surface area (Å²) in [4.78, 5) is 0. The lowest BCUT2D eigenvalue weighted by molar-refractivity contribution is -0.0461. The van der Waals surface area contributed by atoms with E-state index >= 15 is 0 Å². The summed E-state index contributed by atoms with van der Waals surface area (Å²) in [5, 5.41) is 11.5. The number of aliphatic hydroxyl groups excluding tert-OH is 1. The highest BCUT2D eigenvalue weighted by atomic mass is 35.5. The van der Waals surface area contributed by atoms with Gasteiger partial charge in [-0.1, -0.05) is 23.2 Å². The van der Waals surface area contributed by atoms with Crippen molar-refractivity contribution in [3.63, 3.8) is 0 Å². The van der Waals surface area contributed by atoms with Gasteiger partial charge in [0.2, 0.25) is 0 Å². The zero-order chi connectivity index (χ0) is 12.4. The maximum atomic E-state index is 10.4. The monoisotopic (exact) mass is 274 g/mol. The number of halogens is 2. The van der Waals surface area contributed by atoms with Crippen LogP contribution in [0.25, 0.3) is 0 Å². The molecule has 0 aromatic heterocycles. The molecule has 94 valence electrons. The normalized spacial score (nSPS) is 19.1. The maximum Gasteiger partial charge on any atom is 0.107 e. The third-order valence-corrected chi connectivity index (χ3v) is 3.61. The minimum atomic E-state index is -0.700. The molecule has 1 aliphatic carbocycles. The Kier molecular flexibility index (Phi) is 4.31. The minimum absolute atomic E-state index is 0.170. The lowest BCUT2D eigenvalue weighted by atomic mass is 10.0. The lowest BCUT2D eigenvalue weighted by Crippen LogP contribution is -2.24. The van der Waals surface area contributed by atoms with Gasteiger partial charge >= 0.3 is 0 Å².